The molecule has 5 heteroatoms. The minimum absolute atomic E-state index is 0.262. The highest BCUT2D eigenvalue weighted by Gasteiger charge is 2.17. The first-order valence-electron chi connectivity index (χ1n) is 6.90. The minimum Gasteiger partial charge on any atom is -0.481 e. The van der Waals surface area contributed by atoms with E-state index in [9.17, 15) is 9.59 Å². The predicted octanol–water partition coefficient (Wildman–Crippen LogP) is 2.50. The number of rotatable bonds is 5. The number of nitrogens with one attached hydrogen (secondary N) is 1. The lowest BCUT2D eigenvalue weighted by Crippen LogP contribution is -2.31. The normalized spacial score (nSPS) is 11.5. The summed E-state index contributed by atoms with van der Waals surface area (Å²) in [5, 5.41) is 2.66. The second kappa shape index (κ2) is 6.76. The first kappa shape index (κ1) is 15.6. The summed E-state index contributed by atoms with van der Waals surface area (Å²) in [4.78, 5) is 23.5. The molecule has 1 atom stereocenters. The van der Waals surface area contributed by atoms with Gasteiger partial charge in [0.25, 0.3) is 11.8 Å². The van der Waals surface area contributed by atoms with E-state index >= 15 is 0 Å². The second-order valence-electron chi connectivity index (χ2n) is 4.97. The zero-order valence-electron chi connectivity index (χ0n) is 12.5. The SMILES string of the molecule is Cc1ccc(OC(C)C(=O)Nc2ccccc2C(N)=O)cc1. The van der Waals surface area contributed by atoms with Crippen LogP contribution in [0.2, 0.25) is 0 Å². The summed E-state index contributed by atoms with van der Waals surface area (Å²) in [6, 6.07) is 14.0. The second-order valence-corrected chi connectivity index (χ2v) is 4.97. The van der Waals surface area contributed by atoms with Crippen molar-refractivity contribution in [2.75, 3.05) is 5.32 Å². The van der Waals surface area contributed by atoms with Crippen LogP contribution in [0.25, 0.3) is 0 Å². The molecule has 114 valence electrons. The molecule has 2 rings (SSSR count). The number of para-hydroxylation sites is 1. The summed E-state index contributed by atoms with van der Waals surface area (Å²) in [7, 11) is 0. The smallest absolute Gasteiger partial charge is 0.265 e. The van der Waals surface area contributed by atoms with Crippen molar-refractivity contribution in [1.82, 2.24) is 0 Å². The van der Waals surface area contributed by atoms with E-state index in [1.165, 1.54) is 0 Å². The number of ether oxygens (including phenoxy) is 1. The number of amides is 2. The van der Waals surface area contributed by atoms with Crippen molar-refractivity contribution in [2.24, 2.45) is 5.73 Å². The molecule has 3 N–H and O–H groups in total. The van der Waals surface area contributed by atoms with E-state index in [1.54, 1.807) is 43.3 Å². The van der Waals surface area contributed by atoms with Crippen molar-refractivity contribution in [3.63, 3.8) is 0 Å². The molecule has 0 aliphatic carbocycles. The maximum Gasteiger partial charge on any atom is 0.265 e. The monoisotopic (exact) mass is 298 g/mol. The molecule has 0 aliphatic rings. The Hall–Kier alpha value is -2.82. The highest BCUT2D eigenvalue weighted by molar-refractivity contribution is 6.03. The van der Waals surface area contributed by atoms with Gasteiger partial charge in [-0.25, -0.2) is 0 Å². The predicted molar refractivity (Wildman–Crippen MR) is 84.9 cm³/mol. The van der Waals surface area contributed by atoms with Crippen molar-refractivity contribution >= 4 is 17.5 Å². The Bertz CT molecular complexity index is 681. The van der Waals surface area contributed by atoms with Gasteiger partial charge in [-0.1, -0.05) is 29.8 Å². The van der Waals surface area contributed by atoms with E-state index in [0.717, 1.165) is 5.56 Å². The van der Waals surface area contributed by atoms with Gasteiger partial charge in [0.05, 0.1) is 11.3 Å². The first-order chi connectivity index (χ1) is 10.5. The highest BCUT2D eigenvalue weighted by Crippen LogP contribution is 2.17. The number of nitrogens with two attached hydrogens (primary N) is 1. The Kier molecular flexibility index (Phi) is 4.78. The fourth-order valence-corrected chi connectivity index (χ4v) is 1.92. The van der Waals surface area contributed by atoms with E-state index in [1.807, 2.05) is 19.1 Å². The van der Waals surface area contributed by atoms with Crippen LogP contribution in [0.4, 0.5) is 5.69 Å². The third-order valence-corrected chi connectivity index (χ3v) is 3.15. The van der Waals surface area contributed by atoms with Crippen LogP contribution < -0.4 is 15.8 Å². The third kappa shape index (κ3) is 3.85. The van der Waals surface area contributed by atoms with E-state index < -0.39 is 12.0 Å². The van der Waals surface area contributed by atoms with Gasteiger partial charge < -0.3 is 15.8 Å². The Morgan fingerprint density at radius 3 is 2.36 bits per heavy atom. The van der Waals surface area contributed by atoms with Gasteiger partial charge in [0, 0.05) is 0 Å². The van der Waals surface area contributed by atoms with Crippen LogP contribution in [-0.4, -0.2) is 17.9 Å². The van der Waals surface area contributed by atoms with Crippen LogP contribution in [-0.2, 0) is 4.79 Å². The number of primary amides is 1. The van der Waals surface area contributed by atoms with Crippen LogP contribution >= 0.6 is 0 Å². The molecule has 0 heterocycles. The van der Waals surface area contributed by atoms with Crippen LogP contribution in [0.5, 0.6) is 5.75 Å². The molecular weight excluding hydrogens is 280 g/mol. The van der Waals surface area contributed by atoms with Crippen LogP contribution in [0.3, 0.4) is 0 Å². The average molecular weight is 298 g/mol. The van der Waals surface area contributed by atoms with Crippen molar-refractivity contribution in [3.8, 4) is 5.75 Å². The summed E-state index contributed by atoms with van der Waals surface area (Å²) in [6.07, 6.45) is -0.705. The van der Waals surface area contributed by atoms with Gasteiger partial charge in [-0.05, 0) is 38.1 Å². The maximum atomic E-state index is 12.2. The largest absolute Gasteiger partial charge is 0.481 e. The molecule has 22 heavy (non-hydrogen) atoms. The molecule has 5 nitrogen and oxygen atoms in total. The van der Waals surface area contributed by atoms with Gasteiger partial charge in [-0.2, -0.15) is 0 Å². The topological polar surface area (TPSA) is 81.4 Å². The number of hydrogen-bond donors (Lipinski definition) is 2. The third-order valence-electron chi connectivity index (χ3n) is 3.15. The van der Waals surface area contributed by atoms with Gasteiger partial charge in [-0.3, -0.25) is 9.59 Å². The summed E-state index contributed by atoms with van der Waals surface area (Å²) in [5.41, 5.74) is 7.03. The molecule has 1 unspecified atom stereocenters. The molecule has 2 aromatic rings. The molecule has 0 aliphatic heterocycles. The lowest BCUT2D eigenvalue weighted by molar-refractivity contribution is -0.122. The van der Waals surface area contributed by atoms with Crippen LogP contribution in [0.1, 0.15) is 22.8 Å². The average Bonchev–Trinajstić information content (AvgIpc) is 2.49. The van der Waals surface area contributed by atoms with Crippen LogP contribution in [0, 0.1) is 6.92 Å². The van der Waals surface area contributed by atoms with Crippen molar-refractivity contribution in [2.45, 2.75) is 20.0 Å². The molecule has 0 aromatic heterocycles. The standard InChI is InChI=1S/C17H18N2O3/c1-11-7-9-13(10-8-11)22-12(2)17(21)19-15-6-4-3-5-14(15)16(18)20/h3-10,12H,1-2H3,(H2,18,20)(H,19,21). The molecular formula is C17H18N2O3. The van der Waals surface area contributed by atoms with E-state index in [2.05, 4.69) is 5.32 Å². The Morgan fingerprint density at radius 2 is 1.73 bits per heavy atom. The summed E-state index contributed by atoms with van der Waals surface area (Å²) in [6.45, 7) is 3.61. The van der Waals surface area contributed by atoms with Crippen molar-refractivity contribution in [1.29, 1.82) is 0 Å². The Morgan fingerprint density at radius 1 is 1.09 bits per heavy atom. The van der Waals surface area contributed by atoms with Gasteiger partial charge in [0.15, 0.2) is 6.10 Å². The van der Waals surface area contributed by atoms with Crippen molar-refractivity contribution < 1.29 is 14.3 Å². The molecule has 0 bridgehead atoms. The fraction of sp³-hybridized carbons (Fsp3) is 0.176. The summed E-state index contributed by atoms with van der Waals surface area (Å²) >= 11 is 0. The molecule has 2 amide bonds. The first-order valence-corrected chi connectivity index (χ1v) is 6.90. The number of hydrogen-bond acceptors (Lipinski definition) is 3. The van der Waals surface area contributed by atoms with Gasteiger partial charge in [-0.15, -0.1) is 0 Å². The van der Waals surface area contributed by atoms with Gasteiger partial charge in [0.2, 0.25) is 0 Å². The Labute approximate surface area is 129 Å². The quantitative estimate of drug-likeness (QED) is 0.889. The van der Waals surface area contributed by atoms with Gasteiger partial charge in [0.1, 0.15) is 5.75 Å². The van der Waals surface area contributed by atoms with E-state index in [4.69, 9.17) is 10.5 Å². The molecule has 2 aromatic carbocycles. The molecule has 0 saturated heterocycles. The molecule has 0 fully saturated rings. The number of benzene rings is 2. The minimum atomic E-state index is -0.705. The lowest BCUT2D eigenvalue weighted by Gasteiger charge is -2.16. The van der Waals surface area contributed by atoms with E-state index in [-0.39, 0.29) is 11.5 Å². The summed E-state index contributed by atoms with van der Waals surface area (Å²) in [5.74, 6) is -0.339. The zero-order chi connectivity index (χ0) is 16.1. The maximum absolute atomic E-state index is 12.2. The number of aryl methyl sites for hydroxylation is 1. The highest BCUT2D eigenvalue weighted by atomic mass is 16.5. The number of carbonyl (C=O) groups is 2. The van der Waals surface area contributed by atoms with Gasteiger partial charge >= 0.3 is 0 Å². The summed E-state index contributed by atoms with van der Waals surface area (Å²) < 4.78 is 5.58. The molecule has 0 spiro atoms. The lowest BCUT2D eigenvalue weighted by atomic mass is 10.1. The molecule has 0 saturated carbocycles. The van der Waals surface area contributed by atoms with Crippen LogP contribution in [0.15, 0.2) is 48.5 Å². The van der Waals surface area contributed by atoms with E-state index in [0.29, 0.717) is 11.4 Å². The fourth-order valence-electron chi connectivity index (χ4n) is 1.92. The number of carbonyl (C=O) groups excluding carboxylic acids is 2. The van der Waals surface area contributed by atoms with Crippen molar-refractivity contribution in [3.05, 3.63) is 59.7 Å². The molecule has 0 radical (unpaired) electrons. The Balaban J connectivity index is 2.05. The number of anilines is 1. The zero-order valence-corrected chi connectivity index (χ0v) is 12.5.